The molecule has 0 spiro atoms. The molecule has 1 saturated carbocycles. The number of carbonyl (C=O) groups excluding carboxylic acids is 1. The maximum absolute atomic E-state index is 12.0. The van der Waals surface area contributed by atoms with Crippen molar-refractivity contribution < 1.29 is 4.79 Å². The summed E-state index contributed by atoms with van der Waals surface area (Å²) < 4.78 is 0. The normalized spacial score (nSPS) is 18.9. The molecule has 1 heterocycles. The maximum Gasteiger partial charge on any atom is 0.261 e. The highest BCUT2D eigenvalue weighted by Crippen LogP contribution is 2.25. The molecule has 1 amide bonds. The zero-order valence-electron chi connectivity index (χ0n) is 10.3. The molecule has 1 aromatic rings. The van der Waals surface area contributed by atoms with Crippen LogP contribution in [0.2, 0.25) is 0 Å². The Morgan fingerprint density at radius 2 is 2.18 bits per heavy atom. The van der Waals surface area contributed by atoms with E-state index in [1.54, 1.807) is 0 Å². The Balaban J connectivity index is 1.90. The summed E-state index contributed by atoms with van der Waals surface area (Å²) in [5, 5.41) is 4.93. The van der Waals surface area contributed by atoms with E-state index in [4.69, 9.17) is 5.73 Å². The Kier molecular flexibility index (Phi) is 3.84. The van der Waals surface area contributed by atoms with Crippen molar-refractivity contribution in [2.45, 2.75) is 44.6 Å². The summed E-state index contributed by atoms with van der Waals surface area (Å²) in [7, 11) is 0. The van der Waals surface area contributed by atoms with E-state index in [9.17, 15) is 4.79 Å². The van der Waals surface area contributed by atoms with Crippen molar-refractivity contribution in [2.75, 3.05) is 6.54 Å². The van der Waals surface area contributed by atoms with Crippen LogP contribution in [0.4, 0.5) is 0 Å². The van der Waals surface area contributed by atoms with Crippen molar-refractivity contribution in [3.05, 3.63) is 21.9 Å². The average molecular weight is 252 g/mol. The van der Waals surface area contributed by atoms with Crippen LogP contribution in [0.1, 0.15) is 47.3 Å². The maximum atomic E-state index is 12.0. The van der Waals surface area contributed by atoms with E-state index in [1.807, 2.05) is 18.4 Å². The number of amides is 1. The van der Waals surface area contributed by atoms with Crippen molar-refractivity contribution in [3.63, 3.8) is 0 Å². The van der Waals surface area contributed by atoms with Crippen LogP contribution in [0.3, 0.4) is 0 Å². The quantitative estimate of drug-likeness (QED) is 0.868. The van der Waals surface area contributed by atoms with E-state index in [2.05, 4.69) is 5.32 Å². The molecule has 2 rings (SSSR count). The van der Waals surface area contributed by atoms with Gasteiger partial charge in [0.15, 0.2) is 0 Å². The van der Waals surface area contributed by atoms with Crippen LogP contribution in [-0.2, 0) is 0 Å². The second-order valence-corrected chi connectivity index (χ2v) is 5.95. The van der Waals surface area contributed by atoms with E-state index < -0.39 is 0 Å². The van der Waals surface area contributed by atoms with Gasteiger partial charge >= 0.3 is 0 Å². The summed E-state index contributed by atoms with van der Waals surface area (Å²) in [5.41, 5.74) is 7.15. The first-order valence-electron chi connectivity index (χ1n) is 6.22. The van der Waals surface area contributed by atoms with Crippen LogP contribution in [0.15, 0.2) is 11.4 Å². The predicted octanol–water partition coefficient (Wildman–Crippen LogP) is 2.45. The zero-order valence-corrected chi connectivity index (χ0v) is 11.1. The van der Waals surface area contributed by atoms with Gasteiger partial charge in [0, 0.05) is 12.1 Å². The molecule has 1 aromatic heterocycles. The molecule has 0 aliphatic heterocycles. The monoisotopic (exact) mass is 252 g/mol. The van der Waals surface area contributed by atoms with Crippen LogP contribution in [0.5, 0.6) is 0 Å². The molecule has 0 unspecified atom stereocenters. The minimum atomic E-state index is -0.181. The summed E-state index contributed by atoms with van der Waals surface area (Å²) in [6.45, 7) is 2.56. The van der Waals surface area contributed by atoms with Gasteiger partial charge in [-0.1, -0.05) is 19.3 Å². The molecule has 1 aliphatic carbocycles. The Bertz CT molecular complexity index is 394. The summed E-state index contributed by atoms with van der Waals surface area (Å²) in [4.78, 5) is 12.8. The molecule has 3 nitrogen and oxygen atoms in total. The molecule has 0 aromatic carbocycles. The van der Waals surface area contributed by atoms with Crippen molar-refractivity contribution in [1.82, 2.24) is 5.32 Å². The van der Waals surface area contributed by atoms with Crippen LogP contribution in [0.25, 0.3) is 0 Å². The highest BCUT2D eigenvalue weighted by atomic mass is 32.1. The summed E-state index contributed by atoms with van der Waals surface area (Å²) in [6.07, 6.45) is 5.69. The fraction of sp³-hybridized carbons (Fsp3) is 0.615. The molecule has 0 radical (unpaired) electrons. The largest absolute Gasteiger partial charge is 0.349 e. The highest BCUT2D eigenvalue weighted by Gasteiger charge is 2.28. The molecule has 94 valence electrons. The second-order valence-electron chi connectivity index (χ2n) is 5.04. The first-order chi connectivity index (χ1) is 8.11. The minimum Gasteiger partial charge on any atom is -0.349 e. The topological polar surface area (TPSA) is 55.1 Å². The van der Waals surface area contributed by atoms with E-state index in [0.717, 1.165) is 23.3 Å². The SMILES string of the molecule is Cc1ccsc1C(=O)NCC1(N)CCCCC1. The Morgan fingerprint density at radius 3 is 2.76 bits per heavy atom. The molecule has 3 N–H and O–H groups in total. The summed E-state index contributed by atoms with van der Waals surface area (Å²) in [6, 6.07) is 1.97. The van der Waals surface area contributed by atoms with Gasteiger partial charge in [-0.2, -0.15) is 0 Å². The van der Waals surface area contributed by atoms with Crippen LogP contribution in [0, 0.1) is 6.92 Å². The van der Waals surface area contributed by atoms with Crippen molar-refractivity contribution in [1.29, 1.82) is 0 Å². The van der Waals surface area contributed by atoms with E-state index >= 15 is 0 Å². The molecular weight excluding hydrogens is 232 g/mol. The number of nitrogens with two attached hydrogens (primary N) is 1. The van der Waals surface area contributed by atoms with Gasteiger partial charge in [0.05, 0.1) is 4.88 Å². The number of thiophene rings is 1. The van der Waals surface area contributed by atoms with Gasteiger partial charge in [-0.15, -0.1) is 11.3 Å². The predicted molar refractivity (Wildman–Crippen MR) is 71.4 cm³/mol. The lowest BCUT2D eigenvalue weighted by molar-refractivity contribution is 0.0941. The standard InChI is InChI=1S/C13H20N2OS/c1-10-5-8-17-11(10)12(16)15-9-13(14)6-3-2-4-7-13/h5,8H,2-4,6-7,9,14H2,1H3,(H,15,16). The number of hydrogen-bond acceptors (Lipinski definition) is 3. The first-order valence-corrected chi connectivity index (χ1v) is 7.10. The molecule has 4 heteroatoms. The minimum absolute atomic E-state index is 0.0212. The molecule has 0 saturated heterocycles. The van der Waals surface area contributed by atoms with Gasteiger partial charge < -0.3 is 11.1 Å². The van der Waals surface area contributed by atoms with E-state index in [1.165, 1.54) is 30.6 Å². The third-order valence-electron chi connectivity index (χ3n) is 3.52. The second kappa shape index (κ2) is 5.19. The number of rotatable bonds is 3. The zero-order chi connectivity index (χ0) is 12.3. The first kappa shape index (κ1) is 12.6. The lowest BCUT2D eigenvalue weighted by atomic mass is 9.82. The van der Waals surface area contributed by atoms with E-state index in [-0.39, 0.29) is 11.4 Å². The third-order valence-corrected chi connectivity index (χ3v) is 4.53. The van der Waals surface area contributed by atoms with Gasteiger partial charge in [0.1, 0.15) is 0 Å². The lowest BCUT2D eigenvalue weighted by Crippen LogP contribution is -2.51. The fourth-order valence-electron chi connectivity index (χ4n) is 2.37. The molecular formula is C13H20N2OS. The molecule has 0 bridgehead atoms. The fourth-order valence-corrected chi connectivity index (χ4v) is 3.22. The number of nitrogens with one attached hydrogen (secondary N) is 1. The molecule has 0 atom stereocenters. The van der Waals surface area contributed by atoms with Gasteiger partial charge in [0.2, 0.25) is 0 Å². The van der Waals surface area contributed by atoms with E-state index in [0.29, 0.717) is 6.54 Å². The highest BCUT2D eigenvalue weighted by molar-refractivity contribution is 7.12. The lowest BCUT2D eigenvalue weighted by Gasteiger charge is -2.33. The number of hydrogen-bond donors (Lipinski definition) is 2. The molecule has 1 fully saturated rings. The Labute approximate surface area is 106 Å². The molecule has 17 heavy (non-hydrogen) atoms. The Morgan fingerprint density at radius 1 is 1.47 bits per heavy atom. The van der Waals surface area contributed by atoms with Gasteiger partial charge in [0.25, 0.3) is 5.91 Å². The van der Waals surface area contributed by atoms with Gasteiger partial charge in [-0.05, 0) is 36.8 Å². The van der Waals surface area contributed by atoms with Crippen molar-refractivity contribution >= 4 is 17.2 Å². The van der Waals surface area contributed by atoms with Crippen LogP contribution >= 0.6 is 11.3 Å². The van der Waals surface area contributed by atoms with Gasteiger partial charge in [-0.3, -0.25) is 4.79 Å². The number of aryl methyl sites for hydroxylation is 1. The summed E-state index contributed by atoms with van der Waals surface area (Å²) in [5.74, 6) is 0.0212. The molecule has 1 aliphatic rings. The third kappa shape index (κ3) is 3.07. The average Bonchev–Trinajstić information content (AvgIpc) is 2.74. The Hall–Kier alpha value is -0.870. The van der Waals surface area contributed by atoms with Crippen molar-refractivity contribution in [3.8, 4) is 0 Å². The summed E-state index contributed by atoms with van der Waals surface area (Å²) >= 11 is 1.49. The van der Waals surface area contributed by atoms with Crippen LogP contribution in [-0.4, -0.2) is 18.0 Å². The van der Waals surface area contributed by atoms with Gasteiger partial charge in [-0.25, -0.2) is 0 Å². The smallest absolute Gasteiger partial charge is 0.261 e. The van der Waals surface area contributed by atoms with Crippen molar-refractivity contribution in [2.24, 2.45) is 5.73 Å². The number of carbonyl (C=O) groups is 1. The van der Waals surface area contributed by atoms with Crippen LogP contribution < -0.4 is 11.1 Å².